The van der Waals surface area contributed by atoms with Gasteiger partial charge in [-0.3, -0.25) is 24.1 Å². The summed E-state index contributed by atoms with van der Waals surface area (Å²) in [6, 6.07) is -0.761. The number of carbonyl (C=O) groups excluding carboxylic acids is 2. The summed E-state index contributed by atoms with van der Waals surface area (Å²) in [5.74, 6) is -5.05. The van der Waals surface area contributed by atoms with E-state index in [2.05, 4.69) is 0 Å². The minimum absolute atomic E-state index is 0.0631. The predicted molar refractivity (Wildman–Crippen MR) is 60.9 cm³/mol. The van der Waals surface area contributed by atoms with Gasteiger partial charge in [0, 0.05) is 12.2 Å². The number of amides is 2. The highest BCUT2D eigenvalue weighted by Crippen LogP contribution is 2.34. The van der Waals surface area contributed by atoms with Crippen LogP contribution >= 0.6 is 0 Å². The number of carboxylic acid groups (broad SMARTS) is 2. The van der Waals surface area contributed by atoms with Crippen LogP contribution in [0.1, 0.15) is 19.3 Å². The first-order valence-corrected chi connectivity index (χ1v) is 5.92. The molecule has 1 aliphatic heterocycles. The molecule has 19 heavy (non-hydrogen) atoms. The SMILES string of the molecule is O=C(O)C1CCC(N2C(=O)C=CC2=O)C(C(=O)O)C1. The third kappa shape index (κ3) is 2.35. The van der Waals surface area contributed by atoms with Gasteiger partial charge in [-0.15, -0.1) is 0 Å². The Bertz CT molecular complexity index is 465. The van der Waals surface area contributed by atoms with Crippen molar-refractivity contribution in [3.63, 3.8) is 0 Å². The van der Waals surface area contributed by atoms with Crippen molar-refractivity contribution in [2.24, 2.45) is 11.8 Å². The molecule has 0 aromatic rings. The molecule has 1 aliphatic carbocycles. The summed E-state index contributed by atoms with van der Waals surface area (Å²) in [6.45, 7) is 0. The van der Waals surface area contributed by atoms with Gasteiger partial charge in [-0.1, -0.05) is 0 Å². The smallest absolute Gasteiger partial charge is 0.308 e. The third-order valence-electron chi connectivity index (χ3n) is 3.66. The second kappa shape index (κ2) is 4.83. The van der Waals surface area contributed by atoms with E-state index in [9.17, 15) is 24.3 Å². The number of carbonyl (C=O) groups is 4. The van der Waals surface area contributed by atoms with Gasteiger partial charge in [0.15, 0.2) is 0 Å². The summed E-state index contributed by atoms with van der Waals surface area (Å²) in [7, 11) is 0. The molecule has 3 atom stereocenters. The van der Waals surface area contributed by atoms with Gasteiger partial charge in [0.25, 0.3) is 11.8 Å². The Morgan fingerprint density at radius 3 is 2.11 bits per heavy atom. The lowest BCUT2D eigenvalue weighted by Crippen LogP contribution is -2.50. The highest BCUT2D eigenvalue weighted by molar-refractivity contribution is 6.13. The van der Waals surface area contributed by atoms with Gasteiger partial charge < -0.3 is 10.2 Å². The van der Waals surface area contributed by atoms with Crippen LogP contribution in [0.4, 0.5) is 0 Å². The van der Waals surface area contributed by atoms with Crippen molar-refractivity contribution >= 4 is 23.8 Å². The van der Waals surface area contributed by atoms with Crippen LogP contribution in [0, 0.1) is 11.8 Å². The number of imide groups is 1. The van der Waals surface area contributed by atoms with E-state index in [0.717, 1.165) is 17.1 Å². The van der Waals surface area contributed by atoms with Gasteiger partial charge in [-0.05, 0) is 19.3 Å². The lowest BCUT2D eigenvalue weighted by Gasteiger charge is -2.36. The van der Waals surface area contributed by atoms with Gasteiger partial charge in [-0.25, -0.2) is 0 Å². The first kappa shape index (κ1) is 13.3. The Morgan fingerprint density at radius 1 is 1.05 bits per heavy atom. The minimum atomic E-state index is -1.18. The number of carboxylic acids is 2. The molecule has 2 rings (SSSR count). The van der Waals surface area contributed by atoms with E-state index < -0.39 is 41.6 Å². The Labute approximate surface area is 108 Å². The molecule has 2 N–H and O–H groups in total. The molecule has 0 radical (unpaired) electrons. The first-order valence-electron chi connectivity index (χ1n) is 5.92. The minimum Gasteiger partial charge on any atom is -0.481 e. The lowest BCUT2D eigenvalue weighted by atomic mass is 9.77. The number of aliphatic carboxylic acids is 2. The van der Waals surface area contributed by atoms with Gasteiger partial charge >= 0.3 is 11.9 Å². The number of nitrogens with zero attached hydrogens (tertiary/aromatic N) is 1. The van der Waals surface area contributed by atoms with Gasteiger partial charge in [0.1, 0.15) is 0 Å². The van der Waals surface area contributed by atoms with E-state index in [1.807, 2.05) is 0 Å². The summed E-state index contributed by atoms with van der Waals surface area (Å²) in [5.41, 5.74) is 0. The molecule has 0 aromatic carbocycles. The molecule has 1 saturated carbocycles. The Morgan fingerprint density at radius 2 is 1.63 bits per heavy atom. The summed E-state index contributed by atoms with van der Waals surface area (Å²) in [4.78, 5) is 46.2. The Hall–Kier alpha value is -2.18. The summed E-state index contributed by atoms with van der Waals surface area (Å²) in [6.07, 6.45) is 2.61. The van der Waals surface area contributed by atoms with Crippen LogP contribution in [0.2, 0.25) is 0 Å². The van der Waals surface area contributed by atoms with E-state index in [-0.39, 0.29) is 19.3 Å². The summed E-state index contributed by atoms with van der Waals surface area (Å²) >= 11 is 0. The van der Waals surface area contributed by atoms with Crippen LogP contribution in [0.3, 0.4) is 0 Å². The third-order valence-corrected chi connectivity index (χ3v) is 3.66. The molecule has 7 heteroatoms. The van der Waals surface area contributed by atoms with Gasteiger partial charge in [0.05, 0.1) is 17.9 Å². The lowest BCUT2D eigenvalue weighted by molar-refractivity contribution is -0.153. The summed E-state index contributed by atoms with van der Waals surface area (Å²) < 4.78 is 0. The van der Waals surface area contributed by atoms with Crippen molar-refractivity contribution < 1.29 is 29.4 Å². The number of rotatable bonds is 3. The van der Waals surface area contributed by atoms with Gasteiger partial charge in [-0.2, -0.15) is 0 Å². The van der Waals surface area contributed by atoms with E-state index in [0.29, 0.717) is 0 Å². The molecule has 1 heterocycles. The van der Waals surface area contributed by atoms with Crippen LogP contribution in [0.25, 0.3) is 0 Å². The molecule has 1 fully saturated rings. The second-order valence-electron chi connectivity index (χ2n) is 4.74. The highest BCUT2D eigenvalue weighted by Gasteiger charge is 2.44. The summed E-state index contributed by atoms with van der Waals surface area (Å²) in [5, 5.41) is 18.1. The van der Waals surface area contributed by atoms with E-state index in [1.54, 1.807) is 0 Å². The molecule has 7 nitrogen and oxygen atoms in total. The topological polar surface area (TPSA) is 112 Å². The maximum absolute atomic E-state index is 11.6. The standard InChI is InChI=1S/C12H13NO6/c14-9-3-4-10(15)13(9)8-2-1-6(11(16)17)5-7(8)12(18)19/h3-4,6-8H,1-2,5H2,(H,16,17)(H,18,19). The van der Waals surface area contributed by atoms with Crippen molar-refractivity contribution in [1.82, 2.24) is 4.90 Å². The average Bonchev–Trinajstić information content (AvgIpc) is 2.68. The highest BCUT2D eigenvalue weighted by atomic mass is 16.4. The largest absolute Gasteiger partial charge is 0.481 e. The van der Waals surface area contributed by atoms with Crippen LogP contribution in [-0.4, -0.2) is 44.9 Å². The maximum atomic E-state index is 11.6. The molecule has 2 amide bonds. The zero-order valence-electron chi connectivity index (χ0n) is 9.98. The number of hydrogen-bond donors (Lipinski definition) is 2. The average molecular weight is 267 g/mol. The van der Waals surface area contributed by atoms with Crippen LogP contribution in [0.5, 0.6) is 0 Å². The molecular weight excluding hydrogens is 254 g/mol. The van der Waals surface area contributed by atoms with Gasteiger partial charge in [0.2, 0.25) is 0 Å². The predicted octanol–water partition coefficient (Wildman–Crippen LogP) is -0.135. The Balaban J connectivity index is 2.21. The van der Waals surface area contributed by atoms with E-state index in [4.69, 9.17) is 5.11 Å². The molecule has 0 saturated heterocycles. The first-order chi connectivity index (χ1) is 8.91. The zero-order valence-corrected chi connectivity index (χ0v) is 9.98. The number of hydrogen-bond acceptors (Lipinski definition) is 4. The fourth-order valence-electron chi connectivity index (χ4n) is 2.69. The molecule has 2 aliphatic rings. The van der Waals surface area contributed by atoms with E-state index in [1.165, 1.54) is 0 Å². The zero-order chi connectivity index (χ0) is 14.2. The van der Waals surface area contributed by atoms with Crippen molar-refractivity contribution in [3.8, 4) is 0 Å². The quantitative estimate of drug-likeness (QED) is 0.688. The maximum Gasteiger partial charge on any atom is 0.308 e. The van der Waals surface area contributed by atoms with Crippen molar-refractivity contribution in [2.75, 3.05) is 0 Å². The molecule has 0 aromatic heterocycles. The second-order valence-corrected chi connectivity index (χ2v) is 4.74. The van der Waals surface area contributed by atoms with Crippen LogP contribution in [-0.2, 0) is 19.2 Å². The van der Waals surface area contributed by atoms with Crippen molar-refractivity contribution in [2.45, 2.75) is 25.3 Å². The molecule has 0 bridgehead atoms. The molecule has 102 valence electrons. The normalized spacial score (nSPS) is 30.7. The Kier molecular flexibility index (Phi) is 3.37. The molecular formula is C12H13NO6. The fourth-order valence-corrected chi connectivity index (χ4v) is 2.69. The molecule has 0 spiro atoms. The fraction of sp³-hybridized carbons (Fsp3) is 0.500. The van der Waals surface area contributed by atoms with E-state index >= 15 is 0 Å². The molecule has 3 unspecified atom stereocenters. The van der Waals surface area contributed by atoms with Crippen molar-refractivity contribution in [3.05, 3.63) is 12.2 Å². The monoisotopic (exact) mass is 267 g/mol. The van der Waals surface area contributed by atoms with Crippen LogP contribution < -0.4 is 0 Å². The van der Waals surface area contributed by atoms with Crippen molar-refractivity contribution in [1.29, 1.82) is 0 Å². The van der Waals surface area contributed by atoms with Crippen LogP contribution in [0.15, 0.2) is 12.2 Å².